The number of hydrogen-bond donors (Lipinski definition) is 0. The summed E-state index contributed by atoms with van der Waals surface area (Å²) in [5, 5.41) is 0. The summed E-state index contributed by atoms with van der Waals surface area (Å²) >= 11 is 0. The summed E-state index contributed by atoms with van der Waals surface area (Å²) in [6.07, 6.45) is 2.96. The molecule has 1 aromatic heterocycles. The van der Waals surface area contributed by atoms with E-state index >= 15 is 0 Å². The molecule has 1 saturated heterocycles. The van der Waals surface area contributed by atoms with Crippen LogP contribution in [-0.4, -0.2) is 54.0 Å². The first kappa shape index (κ1) is 17.2. The van der Waals surface area contributed by atoms with Gasteiger partial charge in [-0.15, -0.1) is 0 Å². The number of aryl methyl sites for hydroxylation is 1. The monoisotopic (exact) mass is 319 g/mol. The number of aromatic nitrogens is 1. The molecule has 0 aromatic carbocycles. The predicted octanol–water partition coefficient (Wildman–Crippen LogP) is 2.51. The van der Waals surface area contributed by atoms with E-state index in [0.717, 1.165) is 24.1 Å². The van der Waals surface area contributed by atoms with Crippen LogP contribution in [0.25, 0.3) is 0 Å². The van der Waals surface area contributed by atoms with Crippen LogP contribution in [0.4, 0.5) is 10.6 Å². The fourth-order valence-electron chi connectivity index (χ4n) is 2.56. The van der Waals surface area contributed by atoms with Crippen molar-refractivity contribution in [3.8, 4) is 0 Å². The van der Waals surface area contributed by atoms with E-state index in [-0.39, 0.29) is 6.09 Å². The fraction of sp³-hybridized carbons (Fsp3) is 0.588. The lowest BCUT2D eigenvalue weighted by molar-refractivity contribution is 0.0240. The SMILES string of the molecule is CCc1cc(C=O)cnc1N1CCN(C(=O)OC(C)(C)C)CC1. The molecular weight excluding hydrogens is 294 g/mol. The van der Waals surface area contributed by atoms with E-state index in [1.165, 1.54) is 0 Å². The van der Waals surface area contributed by atoms with Crippen molar-refractivity contribution in [3.05, 3.63) is 23.4 Å². The summed E-state index contributed by atoms with van der Waals surface area (Å²) in [5.41, 5.74) is 1.17. The van der Waals surface area contributed by atoms with Gasteiger partial charge in [-0.3, -0.25) is 4.79 Å². The Hall–Kier alpha value is -2.11. The van der Waals surface area contributed by atoms with E-state index in [1.54, 1.807) is 11.1 Å². The molecule has 0 spiro atoms. The lowest BCUT2D eigenvalue weighted by Gasteiger charge is -2.36. The zero-order valence-electron chi connectivity index (χ0n) is 14.3. The topological polar surface area (TPSA) is 62.7 Å². The quantitative estimate of drug-likeness (QED) is 0.801. The Balaban J connectivity index is 2.02. The van der Waals surface area contributed by atoms with Gasteiger partial charge in [-0.25, -0.2) is 9.78 Å². The third kappa shape index (κ3) is 4.43. The van der Waals surface area contributed by atoms with Crippen molar-refractivity contribution >= 4 is 18.2 Å². The summed E-state index contributed by atoms with van der Waals surface area (Å²) in [7, 11) is 0. The molecule has 6 heteroatoms. The number of aldehydes is 1. The summed E-state index contributed by atoms with van der Waals surface area (Å²) in [5.74, 6) is 0.905. The minimum absolute atomic E-state index is 0.267. The molecule has 1 aliphatic heterocycles. The van der Waals surface area contributed by atoms with Gasteiger partial charge in [0.15, 0.2) is 6.29 Å². The van der Waals surface area contributed by atoms with Crippen molar-refractivity contribution in [1.82, 2.24) is 9.88 Å². The third-order valence-electron chi connectivity index (χ3n) is 3.71. The van der Waals surface area contributed by atoms with E-state index in [4.69, 9.17) is 4.74 Å². The second kappa shape index (κ2) is 6.98. The van der Waals surface area contributed by atoms with Gasteiger partial charge in [0.05, 0.1) is 0 Å². The number of hydrogen-bond acceptors (Lipinski definition) is 5. The molecule has 23 heavy (non-hydrogen) atoms. The molecule has 126 valence electrons. The van der Waals surface area contributed by atoms with E-state index in [1.807, 2.05) is 33.8 Å². The average Bonchev–Trinajstić information content (AvgIpc) is 2.52. The van der Waals surface area contributed by atoms with Crippen LogP contribution >= 0.6 is 0 Å². The molecule has 2 rings (SSSR count). The molecule has 0 aliphatic carbocycles. The lowest BCUT2D eigenvalue weighted by atomic mass is 10.1. The number of pyridine rings is 1. The van der Waals surface area contributed by atoms with Gasteiger partial charge < -0.3 is 14.5 Å². The molecule has 0 N–H and O–H groups in total. The third-order valence-corrected chi connectivity index (χ3v) is 3.71. The fourth-order valence-corrected chi connectivity index (χ4v) is 2.56. The second-order valence-electron chi connectivity index (χ2n) is 6.68. The summed E-state index contributed by atoms with van der Waals surface area (Å²) in [6, 6.07) is 1.88. The van der Waals surface area contributed by atoms with Crippen molar-refractivity contribution in [1.29, 1.82) is 0 Å². The van der Waals surface area contributed by atoms with Crippen LogP contribution < -0.4 is 4.90 Å². The number of carbonyl (C=O) groups excluding carboxylic acids is 2. The Morgan fingerprint density at radius 1 is 1.30 bits per heavy atom. The highest BCUT2D eigenvalue weighted by Gasteiger charge is 2.26. The van der Waals surface area contributed by atoms with Gasteiger partial charge in [-0.05, 0) is 38.8 Å². The normalized spacial score (nSPS) is 15.5. The van der Waals surface area contributed by atoms with Crippen molar-refractivity contribution in [2.45, 2.75) is 39.7 Å². The first-order valence-corrected chi connectivity index (χ1v) is 8.01. The number of nitrogens with zero attached hydrogens (tertiary/aromatic N) is 3. The molecule has 2 heterocycles. The van der Waals surface area contributed by atoms with Gasteiger partial charge >= 0.3 is 6.09 Å². The van der Waals surface area contributed by atoms with Gasteiger partial charge in [0, 0.05) is 37.9 Å². The Morgan fingerprint density at radius 2 is 1.96 bits per heavy atom. The van der Waals surface area contributed by atoms with E-state index in [9.17, 15) is 9.59 Å². The van der Waals surface area contributed by atoms with Crippen LogP contribution in [-0.2, 0) is 11.2 Å². The molecule has 1 amide bonds. The maximum atomic E-state index is 12.1. The summed E-state index contributed by atoms with van der Waals surface area (Å²) < 4.78 is 5.41. The van der Waals surface area contributed by atoms with E-state index in [0.29, 0.717) is 31.7 Å². The number of carbonyl (C=O) groups is 2. The zero-order chi connectivity index (χ0) is 17.0. The van der Waals surface area contributed by atoms with Gasteiger partial charge in [0.2, 0.25) is 0 Å². The van der Waals surface area contributed by atoms with Gasteiger partial charge in [0.1, 0.15) is 11.4 Å². The number of piperazine rings is 1. The van der Waals surface area contributed by atoms with Crippen molar-refractivity contribution in [2.24, 2.45) is 0 Å². The molecule has 0 saturated carbocycles. The summed E-state index contributed by atoms with van der Waals surface area (Å²) in [4.78, 5) is 31.3. The Morgan fingerprint density at radius 3 is 2.48 bits per heavy atom. The molecule has 1 aromatic rings. The highest BCUT2D eigenvalue weighted by molar-refractivity contribution is 5.75. The standard InChI is InChI=1S/C17H25N3O3/c1-5-14-10-13(12-21)11-18-15(14)19-6-8-20(9-7-19)16(22)23-17(2,3)4/h10-12H,5-9H2,1-4H3. The van der Waals surface area contributed by atoms with E-state index < -0.39 is 5.60 Å². The van der Waals surface area contributed by atoms with Crippen LogP contribution in [0.1, 0.15) is 43.6 Å². The first-order valence-electron chi connectivity index (χ1n) is 8.01. The minimum atomic E-state index is -0.476. The van der Waals surface area contributed by atoms with Gasteiger partial charge in [0.25, 0.3) is 0 Å². The van der Waals surface area contributed by atoms with E-state index in [2.05, 4.69) is 9.88 Å². The number of rotatable bonds is 3. The molecule has 0 bridgehead atoms. The maximum absolute atomic E-state index is 12.1. The predicted molar refractivity (Wildman–Crippen MR) is 89.0 cm³/mol. The van der Waals surface area contributed by atoms with Crippen LogP contribution in [0.3, 0.4) is 0 Å². The highest BCUT2D eigenvalue weighted by Crippen LogP contribution is 2.21. The Kier molecular flexibility index (Phi) is 5.23. The van der Waals surface area contributed by atoms with Crippen molar-refractivity contribution in [2.75, 3.05) is 31.1 Å². The molecule has 1 aliphatic rings. The molecule has 0 unspecified atom stereocenters. The molecule has 6 nitrogen and oxygen atoms in total. The van der Waals surface area contributed by atoms with Gasteiger partial charge in [-0.2, -0.15) is 0 Å². The summed E-state index contributed by atoms with van der Waals surface area (Å²) in [6.45, 7) is 10.3. The molecule has 0 radical (unpaired) electrons. The van der Waals surface area contributed by atoms with Gasteiger partial charge in [-0.1, -0.05) is 6.92 Å². The smallest absolute Gasteiger partial charge is 0.410 e. The second-order valence-corrected chi connectivity index (χ2v) is 6.68. The first-order chi connectivity index (χ1) is 10.8. The zero-order valence-corrected chi connectivity index (χ0v) is 14.3. The number of amides is 1. The highest BCUT2D eigenvalue weighted by atomic mass is 16.6. The molecule has 1 fully saturated rings. The van der Waals surface area contributed by atoms with Crippen LogP contribution in [0, 0.1) is 0 Å². The average molecular weight is 319 g/mol. The largest absolute Gasteiger partial charge is 0.444 e. The number of ether oxygens (including phenoxy) is 1. The van der Waals surface area contributed by atoms with Crippen molar-refractivity contribution < 1.29 is 14.3 Å². The Bertz CT molecular complexity index is 573. The van der Waals surface area contributed by atoms with Crippen LogP contribution in [0.5, 0.6) is 0 Å². The number of anilines is 1. The lowest BCUT2D eigenvalue weighted by Crippen LogP contribution is -2.50. The van der Waals surface area contributed by atoms with Crippen molar-refractivity contribution in [3.63, 3.8) is 0 Å². The van der Waals surface area contributed by atoms with Crippen LogP contribution in [0.15, 0.2) is 12.3 Å². The Labute approximate surface area is 137 Å². The minimum Gasteiger partial charge on any atom is -0.444 e. The molecule has 0 atom stereocenters. The van der Waals surface area contributed by atoms with Crippen LogP contribution in [0.2, 0.25) is 0 Å². The molecular formula is C17H25N3O3. The maximum Gasteiger partial charge on any atom is 0.410 e.